The molecule has 0 saturated carbocycles. The number of aromatic nitrogens is 3. The number of pyridine rings is 1. The molecule has 0 aliphatic carbocycles. The van der Waals surface area contributed by atoms with Crippen LogP contribution in [-0.2, 0) is 0 Å². The number of nitrogens with one attached hydrogen (secondary N) is 1. The molecule has 0 spiro atoms. The fourth-order valence-electron chi connectivity index (χ4n) is 1.64. The third-order valence-corrected chi connectivity index (χ3v) is 2.42. The van der Waals surface area contributed by atoms with Gasteiger partial charge in [0.2, 0.25) is 0 Å². The number of nitrogens with zero attached hydrogens (tertiary/aromatic N) is 3. The van der Waals surface area contributed by atoms with Crippen molar-refractivity contribution >= 4 is 22.4 Å². The molecule has 0 atom stereocenters. The Bertz CT molecular complexity index is 637. The Kier molecular flexibility index (Phi) is 2.38. The van der Waals surface area contributed by atoms with Gasteiger partial charge in [-0.3, -0.25) is 0 Å². The Balaban J connectivity index is 1.96. The number of hydrogen-bond acceptors (Lipinski definition) is 4. The van der Waals surface area contributed by atoms with Gasteiger partial charge < -0.3 is 5.32 Å². The molecular weight excluding hydrogens is 212 g/mol. The number of hydrogen-bond donors (Lipinski definition) is 1. The van der Waals surface area contributed by atoms with Gasteiger partial charge in [0, 0.05) is 17.3 Å². The van der Waals surface area contributed by atoms with E-state index in [0.717, 1.165) is 16.8 Å². The van der Waals surface area contributed by atoms with E-state index in [0.29, 0.717) is 5.65 Å². The summed E-state index contributed by atoms with van der Waals surface area (Å²) in [6.45, 7) is 0. The van der Waals surface area contributed by atoms with Gasteiger partial charge in [-0.25, -0.2) is 15.0 Å². The van der Waals surface area contributed by atoms with Crippen LogP contribution < -0.4 is 5.32 Å². The van der Waals surface area contributed by atoms with Crippen molar-refractivity contribution in [2.45, 2.75) is 0 Å². The molecule has 0 aliphatic rings. The number of fused-ring (bicyclic) bond motifs is 1. The fraction of sp³-hybridized carbons (Fsp3) is 0. The summed E-state index contributed by atoms with van der Waals surface area (Å²) in [6, 6.07) is 11.9. The molecule has 1 N–H and O–H groups in total. The molecule has 2 aromatic heterocycles. The number of anilines is 2. The summed E-state index contributed by atoms with van der Waals surface area (Å²) in [5, 5.41) is 4.20. The van der Waals surface area contributed by atoms with Crippen LogP contribution in [0.2, 0.25) is 0 Å². The van der Waals surface area contributed by atoms with Crippen LogP contribution in [0.25, 0.3) is 11.0 Å². The summed E-state index contributed by atoms with van der Waals surface area (Å²) in [5.74, 6) is 0. The average Bonchev–Trinajstić information content (AvgIpc) is 2.40. The number of rotatable bonds is 2. The third kappa shape index (κ3) is 2.06. The van der Waals surface area contributed by atoms with Crippen molar-refractivity contribution < 1.29 is 0 Å². The third-order valence-electron chi connectivity index (χ3n) is 2.42. The molecule has 0 bridgehead atoms. The Morgan fingerprint density at radius 3 is 2.65 bits per heavy atom. The Labute approximate surface area is 98.4 Å². The van der Waals surface area contributed by atoms with Gasteiger partial charge in [0.15, 0.2) is 5.65 Å². The van der Waals surface area contributed by atoms with E-state index in [1.165, 1.54) is 6.33 Å². The molecule has 0 aliphatic heterocycles. The summed E-state index contributed by atoms with van der Waals surface area (Å²) in [4.78, 5) is 12.3. The molecule has 4 heteroatoms. The zero-order valence-corrected chi connectivity index (χ0v) is 9.04. The minimum absolute atomic E-state index is 0.707. The van der Waals surface area contributed by atoms with Crippen LogP contribution in [0.1, 0.15) is 0 Å². The van der Waals surface area contributed by atoms with Crippen LogP contribution >= 0.6 is 0 Å². The lowest BCUT2D eigenvalue weighted by Crippen LogP contribution is -1.92. The second-order valence-electron chi connectivity index (χ2n) is 3.65. The van der Waals surface area contributed by atoms with Crippen LogP contribution in [0.3, 0.4) is 0 Å². The standard InChI is InChI=1S/C13H10N4/c1-2-4-11(5-3-1)17-12-6-10-7-14-9-16-13(10)15-8-12/h1-9,17H. The van der Waals surface area contributed by atoms with E-state index in [4.69, 9.17) is 0 Å². The van der Waals surface area contributed by atoms with Crippen LogP contribution in [0.15, 0.2) is 55.1 Å². The maximum atomic E-state index is 4.26. The second-order valence-corrected chi connectivity index (χ2v) is 3.65. The molecule has 4 nitrogen and oxygen atoms in total. The quantitative estimate of drug-likeness (QED) is 0.724. The molecular formula is C13H10N4. The summed E-state index contributed by atoms with van der Waals surface area (Å²) in [7, 11) is 0. The highest BCUT2D eigenvalue weighted by Gasteiger charge is 1.98. The normalized spacial score (nSPS) is 10.4. The fourth-order valence-corrected chi connectivity index (χ4v) is 1.64. The van der Waals surface area contributed by atoms with Crippen molar-refractivity contribution in [3.63, 3.8) is 0 Å². The van der Waals surface area contributed by atoms with E-state index in [1.54, 1.807) is 12.4 Å². The maximum absolute atomic E-state index is 4.26. The van der Waals surface area contributed by atoms with E-state index in [9.17, 15) is 0 Å². The Morgan fingerprint density at radius 2 is 1.76 bits per heavy atom. The molecule has 3 aromatic rings. The molecule has 0 saturated heterocycles. The highest BCUT2D eigenvalue weighted by Crippen LogP contribution is 2.18. The highest BCUT2D eigenvalue weighted by atomic mass is 14.9. The monoisotopic (exact) mass is 222 g/mol. The smallest absolute Gasteiger partial charge is 0.162 e. The first-order valence-corrected chi connectivity index (χ1v) is 5.30. The second kappa shape index (κ2) is 4.17. The van der Waals surface area contributed by atoms with Crippen LogP contribution in [0.4, 0.5) is 11.4 Å². The van der Waals surface area contributed by atoms with Gasteiger partial charge in [-0.2, -0.15) is 0 Å². The first kappa shape index (κ1) is 9.72. The minimum atomic E-state index is 0.707. The summed E-state index contributed by atoms with van der Waals surface area (Å²) >= 11 is 0. The van der Waals surface area contributed by atoms with Gasteiger partial charge >= 0.3 is 0 Å². The molecule has 3 rings (SSSR count). The molecule has 0 unspecified atom stereocenters. The molecule has 0 radical (unpaired) electrons. The van der Waals surface area contributed by atoms with Gasteiger partial charge in [-0.05, 0) is 18.2 Å². The van der Waals surface area contributed by atoms with Crippen LogP contribution in [0, 0.1) is 0 Å². The zero-order valence-electron chi connectivity index (χ0n) is 9.04. The summed E-state index contributed by atoms with van der Waals surface area (Å²) < 4.78 is 0. The van der Waals surface area contributed by atoms with E-state index < -0.39 is 0 Å². The van der Waals surface area contributed by atoms with E-state index >= 15 is 0 Å². The highest BCUT2D eigenvalue weighted by molar-refractivity contribution is 5.78. The first-order chi connectivity index (χ1) is 8.42. The van der Waals surface area contributed by atoms with Gasteiger partial charge in [0.25, 0.3) is 0 Å². The number of benzene rings is 1. The molecule has 1 aromatic carbocycles. The van der Waals surface area contributed by atoms with Crippen molar-refractivity contribution in [1.29, 1.82) is 0 Å². The first-order valence-electron chi connectivity index (χ1n) is 5.30. The predicted molar refractivity (Wildman–Crippen MR) is 67.1 cm³/mol. The SMILES string of the molecule is c1ccc(Nc2cnc3ncncc3c2)cc1. The topological polar surface area (TPSA) is 50.7 Å². The zero-order chi connectivity index (χ0) is 11.5. The van der Waals surface area contributed by atoms with Gasteiger partial charge in [0.1, 0.15) is 6.33 Å². The largest absolute Gasteiger partial charge is 0.354 e. The average molecular weight is 222 g/mol. The Hall–Kier alpha value is -2.49. The lowest BCUT2D eigenvalue weighted by atomic mass is 10.3. The van der Waals surface area contributed by atoms with Gasteiger partial charge in [0.05, 0.1) is 11.9 Å². The molecule has 0 fully saturated rings. The lowest BCUT2D eigenvalue weighted by Gasteiger charge is -2.06. The van der Waals surface area contributed by atoms with E-state index in [1.807, 2.05) is 36.4 Å². The van der Waals surface area contributed by atoms with Crippen LogP contribution in [0.5, 0.6) is 0 Å². The van der Waals surface area contributed by atoms with Crippen molar-refractivity contribution in [3.8, 4) is 0 Å². The molecule has 82 valence electrons. The van der Waals surface area contributed by atoms with Crippen molar-refractivity contribution in [2.24, 2.45) is 0 Å². The van der Waals surface area contributed by atoms with Crippen LogP contribution in [-0.4, -0.2) is 15.0 Å². The Morgan fingerprint density at radius 1 is 0.882 bits per heavy atom. The minimum Gasteiger partial charge on any atom is -0.354 e. The van der Waals surface area contributed by atoms with Gasteiger partial charge in [-0.15, -0.1) is 0 Å². The maximum Gasteiger partial charge on any atom is 0.162 e. The van der Waals surface area contributed by atoms with Gasteiger partial charge in [-0.1, -0.05) is 18.2 Å². The van der Waals surface area contributed by atoms with Crippen molar-refractivity contribution in [1.82, 2.24) is 15.0 Å². The molecule has 0 amide bonds. The van der Waals surface area contributed by atoms with Crippen molar-refractivity contribution in [2.75, 3.05) is 5.32 Å². The summed E-state index contributed by atoms with van der Waals surface area (Å²) in [6.07, 6.45) is 5.02. The lowest BCUT2D eigenvalue weighted by molar-refractivity contribution is 1.18. The van der Waals surface area contributed by atoms with E-state index in [-0.39, 0.29) is 0 Å². The molecule has 2 heterocycles. The number of para-hydroxylation sites is 1. The molecule has 17 heavy (non-hydrogen) atoms. The van der Waals surface area contributed by atoms with Crippen molar-refractivity contribution in [3.05, 3.63) is 55.1 Å². The predicted octanol–water partition coefficient (Wildman–Crippen LogP) is 2.77. The summed E-state index contributed by atoms with van der Waals surface area (Å²) in [5.41, 5.74) is 2.67. The van der Waals surface area contributed by atoms with E-state index in [2.05, 4.69) is 20.3 Å².